The lowest BCUT2D eigenvalue weighted by atomic mass is 10.0. The molecule has 0 radical (unpaired) electrons. The minimum atomic E-state index is 0.278. The second kappa shape index (κ2) is 4.83. The second-order valence-corrected chi connectivity index (χ2v) is 3.97. The summed E-state index contributed by atoms with van der Waals surface area (Å²) in [6.07, 6.45) is 5.01. The first-order valence-corrected chi connectivity index (χ1v) is 5.14. The van der Waals surface area contributed by atoms with E-state index in [1.54, 1.807) is 0 Å². The van der Waals surface area contributed by atoms with Crippen LogP contribution in [0.2, 0.25) is 0 Å². The van der Waals surface area contributed by atoms with Crippen LogP contribution in [-0.2, 0) is 0 Å². The maximum Gasteiger partial charge on any atom is 0.0584 e. The predicted octanol–water partition coefficient (Wildman–Crippen LogP) is 1.54. The van der Waals surface area contributed by atoms with Crippen LogP contribution in [0.3, 0.4) is 0 Å². The molecule has 3 atom stereocenters. The molecular weight excluding hydrogens is 150 g/mol. The molecule has 0 saturated heterocycles. The summed E-state index contributed by atoms with van der Waals surface area (Å²) < 4.78 is 0. The van der Waals surface area contributed by atoms with Gasteiger partial charge < -0.3 is 10.4 Å². The van der Waals surface area contributed by atoms with Crippen molar-refractivity contribution in [2.24, 2.45) is 5.92 Å². The summed E-state index contributed by atoms with van der Waals surface area (Å²) >= 11 is 0. The molecule has 12 heavy (non-hydrogen) atoms. The van der Waals surface area contributed by atoms with Gasteiger partial charge in [0.15, 0.2) is 0 Å². The molecule has 2 heteroatoms. The molecule has 1 aliphatic carbocycles. The SMILES string of the molecule is CC[C@@H](CO)N[C@@H]1CCC[C@@H]1C. The van der Waals surface area contributed by atoms with Gasteiger partial charge in [0.2, 0.25) is 0 Å². The van der Waals surface area contributed by atoms with Crippen LogP contribution >= 0.6 is 0 Å². The van der Waals surface area contributed by atoms with Crippen LogP contribution in [0.4, 0.5) is 0 Å². The van der Waals surface area contributed by atoms with E-state index in [4.69, 9.17) is 5.11 Å². The normalized spacial score (nSPS) is 32.2. The van der Waals surface area contributed by atoms with E-state index < -0.39 is 0 Å². The fourth-order valence-electron chi connectivity index (χ4n) is 2.00. The fourth-order valence-corrected chi connectivity index (χ4v) is 2.00. The van der Waals surface area contributed by atoms with E-state index in [0.717, 1.165) is 12.3 Å². The van der Waals surface area contributed by atoms with Crippen LogP contribution in [0, 0.1) is 5.92 Å². The smallest absolute Gasteiger partial charge is 0.0584 e. The maximum absolute atomic E-state index is 9.01. The van der Waals surface area contributed by atoms with Crippen molar-refractivity contribution in [3.05, 3.63) is 0 Å². The Hall–Kier alpha value is -0.0800. The summed E-state index contributed by atoms with van der Waals surface area (Å²) in [7, 11) is 0. The molecular formula is C10H21NO. The van der Waals surface area contributed by atoms with E-state index in [0.29, 0.717) is 12.1 Å². The number of nitrogens with one attached hydrogen (secondary N) is 1. The third-order valence-corrected chi connectivity index (χ3v) is 3.02. The van der Waals surface area contributed by atoms with E-state index in [2.05, 4.69) is 19.2 Å². The van der Waals surface area contributed by atoms with Gasteiger partial charge in [-0.25, -0.2) is 0 Å². The fraction of sp³-hybridized carbons (Fsp3) is 1.00. The summed E-state index contributed by atoms with van der Waals surface area (Å²) in [6, 6.07) is 0.970. The Balaban J connectivity index is 2.28. The molecule has 0 aromatic heterocycles. The number of aliphatic hydroxyl groups excluding tert-OH is 1. The van der Waals surface area contributed by atoms with Gasteiger partial charge in [-0.3, -0.25) is 0 Å². The van der Waals surface area contributed by atoms with Crippen LogP contribution in [0.1, 0.15) is 39.5 Å². The third kappa shape index (κ3) is 2.46. The topological polar surface area (TPSA) is 32.3 Å². The molecule has 0 aromatic rings. The average Bonchev–Trinajstić information content (AvgIpc) is 2.47. The highest BCUT2D eigenvalue weighted by molar-refractivity contribution is 4.82. The maximum atomic E-state index is 9.01. The van der Waals surface area contributed by atoms with Gasteiger partial charge in [-0.05, 0) is 25.2 Å². The first-order valence-electron chi connectivity index (χ1n) is 5.14. The number of aliphatic hydroxyl groups is 1. The van der Waals surface area contributed by atoms with Crippen LogP contribution in [-0.4, -0.2) is 23.8 Å². The Morgan fingerprint density at radius 2 is 2.25 bits per heavy atom. The number of hydrogen-bond donors (Lipinski definition) is 2. The van der Waals surface area contributed by atoms with Gasteiger partial charge in [0.1, 0.15) is 0 Å². The first kappa shape index (κ1) is 10.0. The van der Waals surface area contributed by atoms with Crippen LogP contribution in [0.5, 0.6) is 0 Å². The highest BCUT2D eigenvalue weighted by Crippen LogP contribution is 2.25. The van der Waals surface area contributed by atoms with Gasteiger partial charge >= 0.3 is 0 Å². The molecule has 2 nitrogen and oxygen atoms in total. The van der Waals surface area contributed by atoms with E-state index in [1.165, 1.54) is 19.3 Å². The summed E-state index contributed by atoms with van der Waals surface area (Å²) in [6.45, 7) is 4.70. The lowest BCUT2D eigenvalue weighted by Crippen LogP contribution is -2.41. The molecule has 0 unspecified atom stereocenters. The second-order valence-electron chi connectivity index (χ2n) is 3.97. The molecule has 72 valence electrons. The summed E-state index contributed by atoms with van der Waals surface area (Å²) in [5.41, 5.74) is 0. The minimum absolute atomic E-state index is 0.278. The molecule has 0 aromatic carbocycles. The van der Waals surface area contributed by atoms with Crippen molar-refractivity contribution < 1.29 is 5.11 Å². The first-order chi connectivity index (χ1) is 5.77. The Kier molecular flexibility index (Phi) is 4.02. The van der Waals surface area contributed by atoms with Gasteiger partial charge in [-0.1, -0.05) is 20.3 Å². The van der Waals surface area contributed by atoms with Crippen molar-refractivity contribution in [2.75, 3.05) is 6.61 Å². The summed E-state index contributed by atoms with van der Waals surface area (Å²) in [5.74, 6) is 0.797. The Labute approximate surface area is 75.4 Å². The van der Waals surface area contributed by atoms with E-state index in [-0.39, 0.29) is 6.61 Å². The van der Waals surface area contributed by atoms with E-state index >= 15 is 0 Å². The van der Waals surface area contributed by atoms with Crippen molar-refractivity contribution in [1.82, 2.24) is 5.32 Å². The molecule has 1 fully saturated rings. The molecule has 2 N–H and O–H groups in total. The van der Waals surface area contributed by atoms with Crippen LogP contribution in [0.15, 0.2) is 0 Å². The van der Waals surface area contributed by atoms with Crippen molar-refractivity contribution in [1.29, 1.82) is 0 Å². The van der Waals surface area contributed by atoms with Crippen molar-refractivity contribution in [2.45, 2.75) is 51.6 Å². The molecule has 1 saturated carbocycles. The highest BCUT2D eigenvalue weighted by atomic mass is 16.3. The van der Waals surface area contributed by atoms with Crippen molar-refractivity contribution in [3.63, 3.8) is 0 Å². The van der Waals surface area contributed by atoms with Crippen molar-refractivity contribution >= 4 is 0 Å². The molecule has 0 heterocycles. The monoisotopic (exact) mass is 171 g/mol. The Morgan fingerprint density at radius 1 is 1.50 bits per heavy atom. The lowest BCUT2D eigenvalue weighted by Gasteiger charge is -2.23. The van der Waals surface area contributed by atoms with Crippen LogP contribution < -0.4 is 5.32 Å². The molecule has 0 amide bonds. The molecule has 1 rings (SSSR count). The quantitative estimate of drug-likeness (QED) is 0.672. The lowest BCUT2D eigenvalue weighted by molar-refractivity contribution is 0.219. The number of hydrogen-bond acceptors (Lipinski definition) is 2. The molecule has 0 bridgehead atoms. The summed E-state index contributed by atoms with van der Waals surface area (Å²) in [5, 5.41) is 12.5. The minimum Gasteiger partial charge on any atom is -0.395 e. The largest absolute Gasteiger partial charge is 0.395 e. The molecule has 0 spiro atoms. The Bertz CT molecular complexity index is 123. The highest BCUT2D eigenvalue weighted by Gasteiger charge is 2.24. The van der Waals surface area contributed by atoms with Crippen molar-refractivity contribution in [3.8, 4) is 0 Å². The van der Waals surface area contributed by atoms with Gasteiger partial charge in [0.05, 0.1) is 6.61 Å². The zero-order valence-electron chi connectivity index (χ0n) is 8.21. The van der Waals surface area contributed by atoms with Crippen LogP contribution in [0.25, 0.3) is 0 Å². The predicted molar refractivity (Wildman–Crippen MR) is 51.1 cm³/mol. The standard InChI is InChI=1S/C10H21NO/c1-3-9(7-12)11-10-6-4-5-8(10)2/h8-12H,3-7H2,1-2H3/t8-,9-,10+/m0/s1. The average molecular weight is 171 g/mol. The van der Waals surface area contributed by atoms with Gasteiger partial charge in [0.25, 0.3) is 0 Å². The third-order valence-electron chi connectivity index (χ3n) is 3.02. The molecule has 1 aliphatic rings. The van der Waals surface area contributed by atoms with Gasteiger partial charge in [-0.2, -0.15) is 0 Å². The van der Waals surface area contributed by atoms with Gasteiger partial charge in [-0.15, -0.1) is 0 Å². The summed E-state index contributed by atoms with van der Waals surface area (Å²) in [4.78, 5) is 0. The Morgan fingerprint density at radius 3 is 2.67 bits per heavy atom. The van der Waals surface area contributed by atoms with E-state index in [9.17, 15) is 0 Å². The molecule has 0 aliphatic heterocycles. The number of rotatable bonds is 4. The zero-order chi connectivity index (χ0) is 8.97. The van der Waals surface area contributed by atoms with Gasteiger partial charge in [0, 0.05) is 12.1 Å². The van der Waals surface area contributed by atoms with E-state index in [1.807, 2.05) is 0 Å². The zero-order valence-corrected chi connectivity index (χ0v) is 8.21.